The topological polar surface area (TPSA) is 60.2 Å². The Morgan fingerprint density at radius 1 is 1.50 bits per heavy atom. The third-order valence-corrected chi connectivity index (χ3v) is 2.76. The van der Waals surface area contributed by atoms with Gasteiger partial charge in [0.05, 0.1) is 6.10 Å². The second-order valence-electron chi connectivity index (χ2n) is 4.05. The number of hydrogen-bond acceptors (Lipinski definition) is 4. The van der Waals surface area contributed by atoms with Gasteiger partial charge in [0.2, 0.25) is 0 Å². The van der Waals surface area contributed by atoms with E-state index in [9.17, 15) is 0 Å². The number of ether oxygens (including phenoxy) is 1. The molecule has 1 heterocycles. The highest BCUT2D eigenvalue weighted by Crippen LogP contribution is 2.08. The minimum Gasteiger partial charge on any atom is -0.382 e. The van der Waals surface area contributed by atoms with E-state index < -0.39 is 0 Å². The van der Waals surface area contributed by atoms with Gasteiger partial charge in [-0.25, -0.2) is 0 Å². The molecule has 0 spiro atoms. The Labute approximate surface area is 97.2 Å². The lowest BCUT2D eigenvalue weighted by Crippen LogP contribution is -2.37. The zero-order valence-electron chi connectivity index (χ0n) is 10.0. The van der Waals surface area contributed by atoms with Crippen molar-refractivity contribution in [2.24, 2.45) is 5.84 Å². The Kier molecular flexibility index (Phi) is 6.00. The van der Waals surface area contributed by atoms with Crippen LogP contribution in [0.25, 0.3) is 0 Å². The maximum Gasteiger partial charge on any atom is 0.0543 e. The van der Waals surface area contributed by atoms with E-state index in [1.807, 2.05) is 12.3 Å². The fourth-order valence-corrected chi connectivity index (χ4v) is 1.60. The first-order valence-electron chi connectivity index (χ1n) is 5.64. The summed E-state index contributed by atoms with van der Waals surface area (Å²) in [6, 6.07) is 4.29. The minimum atomic E-state index is 0.279. The SMILES string of the molecule is COC(C)CCC(Cc1cccnc1)NN. The number of nitrogens with one attached hydrogen (secondary N) is 1. The zero-order valence-corrected chi connectivity index (χ0v) is 10.0. The van der Waals surface area contributed by atoms with Gasteiger partial charge in [0.25, 0.3) is 0 Å². The number of nitrogens with two attached hydrogens (primary N) is 1. The van der Waals surface area contributed by atoms with Gasteiger partial charge in [0.15, 0.2) is 0 Å². The molecule has 1 aromatic heterocycles. The summed E-state index contributed by atoms with van der Waals surface area (Å²) in [5.74, 6) is 5.54. The van der Waals surface area contributed by atoms with Crippen molar-refractivity contribution in [3.05, 3.63) is 30.1 Å². The van der Waals surface area contributed by atoms with Crippen LogP contribution in [0.3, 0.4) is 0 Å². The number of hydrazine groups is 1. The molecule has 2 atom stereocenters. The molecule has 16 heavy (non-hydrogen) atoms. The van der Waals surface area contributed by atoms with Crippen molar-refractivity contribution in [2.75, 3.05) is 7.11 Å². The van der Waals surface area contributed by atoms with Gasteiger partial charge in [-0.1, -0.05) is 6.07 Å². The molecule has 90 valence electrons. The van der Waals surface area contributed by atoms with Crippen LogP contribution >= 0.6 is 0 Å². The number of aromatic nitrogens is 1. The maximum absolute atomic E-state index is 5.54. The van der Waals surface area contributed by atoms with Crippen LogP contribution < -0.4 is 11.3 Å². The molecule has 0 bridgehead atoms. The molecule has 0 aliphatic heterocycles. The van der Waals surface area contributed by atoms with Gasteiger partial charge >= 0.3 is 0 Å². The lowest BCUT2D eigenvalue weighted by Gasteiger charge is -2.17. The highest BCUT2D eigenvalue weighted by atomic mass is 16.5. The van der Waals surface area contributed by atoms with Gasteiger partial charge in [-0.3, -0.25) is 16.3 Å². The van der Waals surface area contributed by atoms with Crippen molar-refractivity contribution in [1.82, 2.24) is 10.4 Å². The van der Waals surface area contributed by atoms with Crippen molar-refractivity contribution in [3.8, 4) is 0 Å². The summed E-state index contributed by atoms with van der Waals surface area (Å²) in [4.78, 5) is 4.09. The van der Waals surface area contributed by atoms with Crippen LogP contribution in [0, 0.1) is 0 Å². The first-order chi connectivity index (χ1) is 7.76. The molecule has 2 unspecified atom stereocenters. The standard InChI is InChI=1S/C12H21N3O/c1-10(16-2)5-6-12(15-13)8-11-4-3-7-14-9-11/h3-4,7,9-10,12,15H,5-6,8,13H2,1-2H3. The Hall–Kier alpha value is -0.970. The first kappa shape index (κ1) is 13.1. The van der Waals surface area contributed by atoms with Gasteiger partial charge in [-0.2, -0.15) is 0 Å². The number of pyridine rings is 1. The van der Waals surface area contributed by atoms with Crippen LogP contribution in [-0.2, 0) is 11.2 Å². The summed E-state index contributed by atoms with van der Waals surface area (Å²) >= 11 is 0. The number of nitrogens with zero attached hydrogens (tertiary/aromatic N) is 1. The predicted octanol–water partition coefficient (Wildman–Crippen LogP) is 1.27. The van der Waals surface area contributed by atoms with E-state index in [-0.39, 0.29) is 12.1 Å². The molecule has 0 aliphatic rings. The van der Waals surface area contributed by atoms with Gasteiger partial charge in [0, 0.05) is 25.5 Å². The van der Waals surface area contributed by atoms with Crippen LogP contribution in [0.1, 0.15) is 25.3 Å². The average molecular weight is 223 g/mol. The molecule has 0 aromatic carbocycles. The van der Waals surface area contributed by atoms with Crippen molar-refractivity contribution >= 4 is 0 Å². The van der Waals surface area contributed by atoms with E-state index in [1.165, 1.54) is 5.56 Å². The molecule has 4 heteroatoms. The van der Waals surface area contributed by atoms with Gasteiger partial charge < -0.3 is 4.74 Å². The minimum absolute atomic E-state index is 0.279. The fourth-order valence-electron chi connectivity index (χ4n) is 1.60. The zero-order chi connectivity index (χ0) is 11.8. The molecule has 1 aromatic rings. The third-order valence-electron chi connectivity index (χ3n) is 2.76. The van der Waals surface area contributed by atoms with Gasteiger partial charge in [-0.05, 0) is 37.8 Å². The van der Waals surface area contributed by atoms with Crippen molar-refractivity contribution in [3.63, 3.8) is 0 Å². The highest BCUT2D eigenvalue weighted by molar-refractivity contribution is 5.09. The quantitative estimate of drug-likeness (QED) is 0.540. The fraction of sp³-hybridized carbons (Fsp3) is 0.583. The highest BCUT2D eigenvalue weighted by Gasteiger charge is 2.09. The molecule has 0 fully saturated rings. The Bertz CT molecular complexity index is 279. The van der Waals surface area contributed by atoms with Crippen LogP contribution in [0.5, 0.6) is 0 Å². The lowest BCUT2D eigenvalue weighted by atomic mass is 10.0. The molecule has 0 radical (unpaired) electrons. The second kappa shape index (κ2) is 7.33. The molecule has 1 rings (SSSR count). The average Bonchev–Trinajstić information content (AvgIpc) is 2.35. The number of rotatable bonds is 7. The van der Waals surface area contributed by atoms with E-state index in [0.29, 0.717) is 0 Å². The normalized spacial score (nSPS) is 14.7. The first-order valence-corrected chi connectivity index (χ1v) is 5.64. The summed E-state index contributed by atoms with van der Waals surface area (Å²) in [5, 5.41) is 0. The summed E-state index contributed by atoms with van der Waals surface area (Å²) in [5.41, 5.74) is 4.05. The van der Waals surface area contributed by atoms with Gasteiger partial charge in [0.1, 0.15) is 0 Å². The van der Waals surface area contributed by atoms with Crippen LogP contribution in [-0.4, -0.2) is 24.2 Å². The number of hydrogen-bond donors (Lipinski definition) is 2. The molecule has 0 amide bonds. The van der Waals surface area contributed by atoms with E-state index in [1.54, 1.807) is 13.3 Å². The van der Waals surface area contributed by atoms with E-state index in [4.69, 9.17) is 10.6 Å². The molecule has 4 nitrogen and oxygen atoms in total. The molecule has 0 aliphatic carbocycles. The Balaban J connectivity index is 2.37. The van der Waals surface area contributed by atoms with Crippen molar-refractivity contribution in [2.45, 2.75) is 38.3 Å². The third kappa shape index (κ3) is 4.70. The van der Waals surface area contributed by atoms with Crippen LogP contribution in [0.15, 0.2) is 24.5 Å². The Morgan fingerprint density at radius 3 is 2.88 bits per heavy atom. The monoisotopic (exact) mass is 223 g/mol. The Morgan fingerprint density at radius 2 is 2.31 bits per heavy atom. The summed E-state index contributed by atoms with van der Waals surface area (Å²) in [7, 11) is 1.73. The van der Waals surface area contributed by atoms with Crippen molar-refractivity contribution in [1.29, 1.82) is 0 Å². The smallest absolute Gasteiger partial charge is 0.0543 e. The molecule has 3 N–H and O–H groups in total. The summed E-state index contributed by atoms with van der Waals surface area (Å²) in [6.45, 7) is 2.07. The molecular weight excluding hydrogens is 202 g/mol. The molecule has 0 saturated heterocycles. The lowest BCUT2D eigenvalue weighted by molar-refractivity contribution is 0.106. The summed E-state index contributed by atoms with van der Waals surface area (Å²) in [6.07, 6.45) is 6.85. The maximum atomic E-state index is 5.54. The van der Waals surface area contributed by atoms with Crippen LogP contribution in [0.4, 0.5) is 0 Å². The van der Waals surface area contributed by atoms with E-state index in [2.05, 4.69) is 23.4 Å². The largest absolute Gasteiger partial charge is 0.382 e. The summed E-state index contributed by atoms with van der Waals surface area (Å²) < 4.78 is 5.21. The van der Waals surface area contributed by atoms with E-state index >= 15 is 0 Å². The predicted molar refractivity (Wildman–Crippen MR) is 64.8 cm³/mol. The van der Waals surface area contributed by atoms with Crippen molar-refractivity contribution < 1.29 is 4.74 Å². The van der Waals surface area contributed by atoms with Gasteiger partial charge in [-0.15, -0.1) is 0 Å². The molecular formula is C12H21N3O. The number of methoxy groups -OCH3 is 1. The molecule has 0 saturated carbocycles. The second-order valence-corrected chi connectivity index (χ2v) is 4.05. The van der Waals surface area contributed by atoms with Crippen LogP contribution in [0.2, 0.25) is 0 Å². The van der Waals surface area contributed by atoms with E-state index in [0.717, 1.165) is 19.3 Å².